The number of aliphatic hydroxyl groups excluding tert-OH is 1. The summed E-state index contributed by atoms with van der Waals surface area (Å²) in [5.41, 5.74) is 2.01. The maximum Gasteiger partial charge on any atom is 0.261 e. The predicted octanol–water partition coefficient (Wildman–Crippen LogP) is 4.18. The number of hydrogen-bond acceptors (Lipinski definition) is 5. The molecule has 4 rings (SSSR count). The van der Waals surface area contributed by atoms with Crippen LogP contribution in [0.2, 0.25) is 0 Å². The van der Waals surface area contributed by atoms with Crippen LogP contribution < -0.4 is 5.32 Å². The van der Waals surface area contributed by atoms with Crippen molar-refractivity contribution in [3.8, 4) is 0 Å². The fourth-order valence-electron chi connectivity index (χ4n) is 3.13. The molecule has 0 fully saturated rings. The van der Waals surface area contributed by atoms with Crippen LogP contribution in [0.4, 0.5) is 0 Å². The number of nitrogens with zero attached hydrogens (tertiary/aromatic N) is 1. The number of carbonyl (C=O) groups is 4. The molecule has 0 saturated carbocycles. The van der Waals surface area contributed by atoms with Gasteiger partial charge in [-0.05, 0) is 49.9 Å². The van der Waals surface area contributed by atoms with Crippen LogP contribution in [0, 0.1) is 0 Å². The topological polar surface area (TPSA) is 104 Å². The molecule has 2 aromatic rings. The summed E-state index contributed by atoms with van der Waals surface area (Å²) in [6, 6.07) is 13.7. The lowest BCUT2D eigenvalue weighted by molar-refractivity contribution is 0.0651. The molecule has 4 amide bonds. The van der Waals surface area contributed by atoms with Gasteiger partial charge in [-0.3, -0.25) is 29.4 Å². The quantitative estimate of drug-likeness (QED) is 0.290. The Morgan fingerprint density at radius 2 is 1.09 bits per heavy atom. The van der Waals surface area contributed by atoms with E-state index in [1.54, 1.807) is 48.5 Å². The van der Waals surface area contributed by atoms with Crippen molar-refractivity contribution in [1.82, 2.24) is 10.2 Å². The molecule has 0 aromatic heterocycles. The van der Waals surface area contributed by atoms with Gasteiger partial charge in [0.25, 0.3) is 23.6 Å². The van der Waals surface area contributed by atoms with E-state index in [9.17, 15) is 19.2 Å². The van der Waals surface area contributed by atoms with Crippen LogP contribution in [0.3, 0.4) is 0 Å². The highest BCUT2D eigenvalue weighted by atomic mass is 79.9. The monoisotopic (exact) mass is 580 g/mol. The van der Waals surface area contributed by atoms with Crippen molar-refractivity contribution in [3.63, 3.8) is 0 Å². The van der Waals surface area contributed by atoms with E-state index in [1.807, 2.05) is 0 Å². The first-order valence-corrected chi connectivity index (χ1v) is 12.8. The van der Waals surface area contributed by atoms with Gasteiger partial charge in [0.1, 0.15) is 0 Å². The molecule has 0 spiro atoms. The van der Waals surface area contributed by atoms with Gasteiger partial charge < -0.3 is 5.11 Å². The Bertz CT molecular complexity index is 924. The number of unbranched alkanes of at least 4 members (excludes halogenated alkanes) is 2. The van der Waals surface area contributed by atoms with Gasteiger partial charge in [-0.2, -0.15) is 0 Å². The summed E-state index contributed by atoms with van der Waals surface area (Å²) in [5, 5.41) is 12.3. The van der Waals surface area contributed by atoms with Gasteiger partial charge in [-0.25, -0.2) is 0 Å². The Morgan fingerprint density at radius 1 is 0.667 bits per heavy atom. The Hall–Kier alpha value is -2.36. The minimum atomic E-state index is -0.300. The van der Waals surface area contributed by atoms with Gasteiger partial charge in [-0.15, -0.1) is 0 Å². The second kappa shape index (κ2) is 14.0. The number of imide groups is 2. The average Bonchev–Trinajstić information content (AvgIpc) is 3.26. The molecule has 0 bridgehead atoms. The fourth-order valence-corrected chi connectivity index (χ4v) is 3.92. The molecule has 0 radical (unpaired) electrons. The Kier molecular flexibility index (Phi) is 11.4. The van der Waals surface area contributed by atoms with Crippen LogP contribution in [-0.4, -0.2) is 57.4 Å². The minimum absolute atomic E-state index is 0.157. The fraction of sp³-hybridized carbons (Fsp3) is 0.333. The highest BCUT2D eigenvalue weighted by Crippen LogP contribution is 2.22. The number of benzene rings is 2. The molecule has 33 heavy (non-hydrogen) atoms. The van der Waals surface area contributed by atoms with Gasteiger partial charge >= 0.3 is 0 Å². The van der Waals surface area contributed by atoms with E-state index in [2.05, 4.69) is 37.2 Å². The summed E-state index contributed by atoms with van der Waals surface area (Å²) in [7, 11) is 0. The van der Waals surface area contributed by atoms with Crippen LogP contribution in [0.1, 0.15) is 67.1 Å². The number of fused-ring (bicyclic) bond motifs is 2. The molecular weight excluding hydrogens is 556 g/mol. The SMILES string of the molecule is O=C1NC(=O)c2ccccc21.O=C1c2ccccc2C(=O)N1CCCCBr.OCCCCBr. The smallest absolute Gasteiger partial charge is 0.261 e. The molecule has 176 valence electrons. The molecule has 2 aliphatic heterocycles. The zero-order valence-electron chi connectivity index (χ0n) is 18.1. The third-order valence-corrected chi connectivity index (χ3v) is 5.95. The second-order valence-corrected chi connectivity index (χ2v) is 8.74. The summed E-state index contributed by atoms with van der Waals surface area (Å²) < 4.78 is 0. The van der Waals surface area contributed by atoms with Gasteiger partial charge in [0.2, 0.25) is 0 Å². The summed E-state index contributed by atoms with van der Waals surface area (Å²) in [5.74, 6) is -0.915. The zero-order valence-corrected chi connectivity index (χ0v) is 21.2. The molecule has 9 heteroatoms. The third-order valence-electron chi connectivity index (χ3n) is 4.83. The molecule has 0 atom stereocenters. The number of hydrogen-bond donors (Lipinski definition) is 2. The number of alkyl halides is 2. The Morgan fingerprint density at radius 3 is 1.48 bits per heavy atom. The molecule has 0 unspecified atom stereocenters. The second-order valence-electron chi connectivity index (χ2n) is 7.15. The van der Waals surface area contributed by atoms with Crippen molar-refractivity contribution in [2.45, 2.75) is 25.7 Å². The van der Waals surface area contributed by atoms with Crippen molar-refractivity contribution in [1.29, 1.82) is 0 Å². The van der Waals surface area contributed by atoms with E-state index in [-0.39, 0.29) is 23.6 Å². The molecule has 0 aliphatic carbocycles. The van der Waals surface area contributed by atoms with Gasteiger partial charge in [0.15, 0.2) is 0 Å². The lowest BCUT2D eigenvalue weighted by Gasteiger charge is -2.12. The summed E-state index contributed by atoms with van der Waals surface area (Å²) in [6.45, 7) is 0.837. The third kappa shape index (κ3) is 7.31. The largest absolute Gasteiger partial charge is 0.396 e. The highest BCUT2D eigenvalue weighted by Gasteiger charge is 2.34. The molecular formula is C24H26Br2N2O5. The van der Waals surface area contributed by atoms with Crippen LogP contribution in [0.15, 0.2) is 48.5 Å². The van der Waals surface area contributed by atoms with Gasteiger partial charge in [0, 0.05) is 23.8 Å². The van der Waals surface area contributed by atoms with Crippen molar-refractivity contribution in [2.75, 3.05) is 23.8 Å². The maximum absolute atomic E-state index is 11.9. The molecule has 7 nitrogen and oxygen atoms in total. The molecule has 0 saturated heterocycles. The van der Waals surface area contributed by atoms with Crippen molar-refractivity contribution >= 4 is 55.5 Å². The standard InChI is InChI=1S/C12H12BrNO2.C8H5NO2.C4H9BrO/c13-7-3-4-8-14-11(15)9-5-1-2-6-10(9)12(14)16;10-7-5-3-1-2-4-6(5)8(11)9-7;5-3-1-2-4-6/h1-2,5-6H,3-4,7-8H2;1-4H,(H,9,10,11);6H,1-4H2. The van der Waals surface area contributed by atoms with E-state index in [4.69, 9.17) is 5.11 Å². The average molecular weight is 582 g/mol. The first-order chi connectivity index (χ1) is 16.0. The zero-order chi connectivity index (χ0) is 24.2. The van der Waals surface area contributed by atoms with Crippen molar-refractivity contribution < 1.29 is 24.3 Å². The van der Waals surface area contributed by atoms with Crippen molar-refractivity contribution in [2.24, 2.45) is 0 Å². The van der Waals surface area contributed by atoms with E-state index >= 15 is 0 Å². The number of nitrogens with one attached hydrogen (secondary N) is 1. The Balaban J connectivity index is 0.000000196. The molecule has 2 N–H and O–H groups in total. The Labute approximate surface area is 209 Å². The number of amides is 4. The van der Waals surface area contributed by atoms with Gasteiger partial charge in [0.05, 0.1) is 22.3 Å². The number of rotatable bonds is 7. The van der Waals surface area contributed by atoms with E-state index in [1.165, 1.54) is 4.90 Å². The number of carbonyl (C=O) groups excluding carboxylic acids is 4. The summed E-state index contributed by atoms with van der Waals surface area (Å²) in [4.78, 5) is 47.0. The molecule has 2 heterocycles. The van der Waals surface area contributed by atoms with E-state index in [0.29, 0.717) is 35.4 Å². The maximum atomic E-state index is 11.9. The lowest BCUT2D eigenvalue weighted by atomic mass is 10.1. The van der Waals surface area contributed by atoms with Gasteiger partial charge in [-0.1, -0.05) is 56.1 Å². The number of aliphatic hydroxyl groups is 1. The normalized spacial score (nSPS) is 13.5. The summed E-state index contributed by atoms with van der Waals surface area (Å²) >= 11 is 6.57. The van der Waals surface area contributed by atoms with Crippen molar-refractivity contribution in [3.05, 3.63) is 70.8 Å². The number of halogens is 2. The van der Waals surface area contributed by atoms with E-state index < -0.39 is 0 Å². The van der Waals surface area contributed by atoms with Crippen LogP contribution in [-0.2, 0) is 0 Å². The van der Waals surface area contributed by atoms with Crippen LogP contribution in [0.25, 0.3) is 0 Å². The highest BCUT2D eigenvalue weighted by molar-refractivity contribution is 9.09. The van der Waals surface area contributed by atoms with E-state index in [0.717, 1.165) is 36.3 Å². The lowest BCUT2D eigenvalue weighted by Crippen LogP contribution is -2.30. The first kappa shape index (κ1) is 26.9. The molecule has 2 aliphatic rings. The van der Waals surface area contributed by atoms with Crippen LogP contribution >= 0.6 is 31.9 Å². The first-order valence-electron chi connectivity index (χ1n) is 10.6. The predicted molar refractivity (Wildman–Crippen MR) is 133 cm³/mol. The minimum Gasteiger partial charge on any atom is -0.396 e. The molecule has 2 aromatic carbocycles. The summed E-state index contributed by atoms with van der Waals surface area (Å²) in [6.07, 6.45) is 3.81. The van der Waals surface area contributed by atoms with Crippen LogP contribution in [0.5, 0.6) is 0 Å².